The molecule has 6 heteroatoms. The van der Waals surface area contributed by atoms with Gasteiger partial charge in [0.25, 0.3) is 0 Å². The normalized spacial score (nSPS) is 10.0. The molecule has 0 aromatic carbocycles. The van der Waals surface area contributed by atoms with E-state index in [0.717, 1.165) is 6.42 Å². The van der Waals surface area contributed by atoms with Gasteiger partial charge in [-0.25, -0.2) is 0 Å². The summed E-state index contributed by atoms with van der Waals surface area (Å²) in [6, 6.07) is 0. The van der Waals surface area contributed by atoms with E-state index in [9.17, 15) is 9.59 Å². The van der Waals surface area contributed by atoms with Crippen LogP contribution in [0.4, 0.5) is 0 Å². The van der Waals surface area contributed by atoms with E-state index < -0.39 is 5.97 Å². The van der Waals surface area contributed by atoms with E-state index in [2.05, 4.69) is 15.0 Å². The van der Waals surface area contributed by atoms with Crippen molar-refractivity contribution in [2.24, 2.45) is 0 Å². The fraction of sp³-hybridized carbons (Fsp3) is 0.556. The van der Waals surface area contributed by atoms with Gasteiger partial charge in [-0.3, -0.25) is 14.3 Å². The molecule has 1 rings (SSSR count). The van der Waals surface area contributed by atoms with Gasteiger partial charge in [-0.05, 0) is 6.42 Å². The average Bonchev–Trinajstić information content (AvgIpc) is 2.67. The second-order valence-corrected chi connectivity index (χ2v) is 3.04. The van der Waals surface area contributed by atoms with Crippen LogP contribution >= 0.6 is 0 Å². The highest BCUT2D eigenvalue weighted by Gasteiger charge is 2.15. The molecule has 0 saturated carbocycles. The standard InChI is InChI=1S/C9H13N3O3/c1-3-4-12-6-7(10-11-12)8(13)5-9(14)15-2/h6H,3-5H2,1-2H3. The molecule has 0 amide bonds. The van der Waals surface area contributed by atoms with E-state index in [1.807, 2.05) is 6.92 Å². The molecule has 0 aliphatic rings. The lowest BCUT2D eigenvalue weighted by molar-refractivity contribution is -0.139. The van der Waals surface area contributed by atoms with Crippen molar-refractivity contribution in [2.75, 3.05) is 7.11 Å². The van der Waals surface area contributed by atoms with Crippen molar-refractivity contribution in [3.8, 4) is 0 Å². The lowest BCUT2D eigenvalue weighted by atomic mass is 10.2. The van der Waals surface area contributed by atoms with Gasteiger partial charge in [0.05, 0.1) is 13.3 Å². The van der Waals surface area contributed by atoms with Crippen LogP contribution in [0, 0.1) is 0 Å². The van der Waals surface area contributed by atoms with Crippen LogP contribution in [-0.2, 0) is 16.1 Å². The zero-order valence-corrected chi connectivity index (χ0v) is 8.77. The molecule has 0 N–H and O–H groups in total. The summed E-state index contributed by atoms with van der Waals surface area (Å²) in [5, 5.41) is 7.43. The lowest BCUT2D eigenvalue weighted by Gasteiger charge is -1.95. The molecule has 0 bridgehead atoms. The van der Waals surface area contributed by atoms with Crippen LogP contribution < -0.4 is 0 Å². The third-order valence-electron chi connectivity index (χ3n) is 1.81. The van der Waals surface area contributed by atoms with Gasteiger partial charge < -0.3 is 4.74 Å². The Bertz CT molecular complexity index is 359. The number of aryl methyl sites for hydroxylation is 1. The van der Waals surface area contributed by atoms with Crippen LogP contribution in [0.1, 0.15) is 30.3 Å². The van der Waals surface area contributed by atoms with Crippen LogP contribution in [0.15, 0.2) is 6.20 Å². The molecule has 1 aromatic heterocycles. The summed E-state index contributed by atoms with van der Waals surface area (Å²) in [7, 11) is 1.24. The maximum atomic E-state index is 11.4. The van der Waals surface area contributed by atoms with Crippen LogP contribution in [0.3, 0.4) is 0 Å². The summed E-state index contributed by atoms with van der Waals surface area (Å²) in [6.07, 6.45) is 2.16. The average molecular weight is 211 g/mol. The number of ketones is 1. The predicted octanol–water partition coefficient (Wildman–Crippen LogP) is 0.434. The van der Waals surface area contributed by atoms with Crippen molar-refractivity contribution in [3.63, 3.8) is 0 Å². The maximum Gasteiger partial charge on any atom is 0.313 e. The van der Waals surface area contributed by atoms with Gasteiger partial charge in [0.15, 0.2) is 5.78 Å². The van der Waals surface area contributed by atoms with E-state index in [4.69, 9.17) is 0 Å². The predicted molar refractivity (Wildman–Crippen MR) is 51.3 cm³/mol. The summed E-state index contributed by atoms with van der Waals surface area (Å²) in [5.74, 6) is -0.936. The van der Waals surface area contributed by atoms with Crippen molar-refractivity contribution in [1.82, 2.24) is 15.0 Å². The van der Waals surface area contributed by atoms with Crippen molar-refractivity contribution < 1.29 is 14.3 Å². The fourth-order valence-corrected chi connectivity index (χ4v) is 1.06. The number of Topliss-reactive ketones (excluding diaryl/α,β-unsaturated/α-hetero) is 1. The third-order valence-corrected chi connectivity index (χ3v) is 1.81. The Hall–Kier alpha value is -1.72. The SMILES string of the molecule is CCCn1cc(C(=O)CC(=O)OC)nn1. The molecular formula is C9H13N3O3. The van der Waals surface area contributed by atoms with Crippen molar-refractivity contribution >= 4 is 11.8 Å². The maximum absolute atomic E-state index is 11.4. The first-order chi connectivity index (χ1) is 7.17. The highest BCUT2D eigenvalue weighted by Crippen LogP contribution is 2.00. The van der Waals surface area contributed by atoms with Gasteiger partial charge in [-0.1, -0.05) is 12.1 Å². The van der Waals surface area contributed by atoms with Crippen LogP contribution in [0.2, 0.25) is 0 Å². The zero-order chi connectivity index (χ0) is 11.3. The smallest absolute Gasteiger partial charge is 0.313 e. The third kappa shape index (κ3) is 3.16. The molecule has 0 unspecified atom stereocenters. The molecule has 1 aromatic rings. The molecule has 0 aliphatic carbocycles. The molecule has 1 heterocycles. The summed E-state index contributed by atoms with van der Waals surface area (Å²) in [6.45, 7) is 2.70. The number of nitrogens with zero attached hydrogens (tertiary/aromatic N) is 3. The number of carbonyl (C=O) groups is 2. The Labute approximate surface area is 87.2 Å². The number of hydrogen-bond acceptors (Lipinski definition) is 5. The Morgan fingerprint density at radius 2 is 2.27 bits per heavy atom. The first-order valence-electron chi connectivity index (χ1n) is 4.67. The molecule has 82 valence electrons. The highest BCUT2D eigenvalue weighted by atomic mass is 16.5. The number of methoxy groups -OCH3 is 1. The molecule has 0 atom stereocenters. The molecule has 0 saturated heterocycles. The van der Waals surface area contributed by atoms with Gasteiger partial charge >= 0.3 is 5.97 Å². The minimum atomic E-state index is -0.565. The Morgan fingerprint density at radius 1 is 1.53 bits per heavy atom. The van der Waals surface area contributed by atoms with Gasteiger partial charge in [-0.2, -0.15) is 0 Å². The minimum absolute atomic E-state index is 0.203. The largest absolute Gasteiger partial charge is 0.469 e. The molecule has 15 heavy (non-hydrogen) atoms. The van der Waals surface area contributed by atoms with Crippen LogP contribution in [0.5, 0.6) is 0 Å². The molecule has 0 radical (unpaired) electrons. The Morgan fingerprint density at radius 3 is 2.87 bits per heavy atom. The van der Waals surface area contributed by atoms with E-state index in [0.29, 0.717) is 6.54 Å². The first-order valence-corrected chi connectivity index (χ1v) is 4.67. The number of rotatable bonds is 5. The van der Waals surface area contributed by atoms with Crippen LogP contribution in [0.25, 0.3) is 0 Å². The monoisotopic (exact) mass is 211 g/mol. The minimum Gasteiger partial charge on any atom is -0.469 e. The van der Waals surface area contributed by atoms with Gasteiger partial charge in [0.2, 0.25) is 0 Å². The highest BCUT2D eigenvalue weighted by molar-refractivity contribution is 6.04. The molecule has 0 fully saturated rings. The fourth-order valence-electron chi connectivity index (χ4n) is 1.06. The van der Waals surface area contributed by atoms with E-state index in [1.165, 1.54) is 13.3 Å². The molecule has 0 spiro atoms. The second kappa shape index (κ2) is 5.23. The van der Waals surface area contributed by atoms with Crippen molar-refractivity contribution in [1.29, 1.82) is 0 Å². The first kappa shape index (κ1) is 11.4. The number of carbonyl (C=O) groups excluding carboxylic acids is 2. The van der Waals surface area contributed by atoms with Gasteiger partial charge in [0.1, 0.15) is 12.1 Å². The summed E-state index contributed by atoms with van der Waals surface area (Å²) in [4.78, 5) is 22.2. The van der Waals surface area contributed by atoms with Gasteiger partial charge in [0, 0.05) is 6.54 Å². The van der Waals surface area contributed by atoms with Crippen LogP contribution in [-0.4, -0.2) is 33.9 Å². The Balaban J connectivity index is 2.61. The van der Waals surface area contributed by atoms with E-state index >= 15 is 0 Å². The quantitative estimate of drug-likeness (QED) is 0.401. The summed E-state index contributed by atoms with van der Waals surface area (Å²) < 4.78 is 5.96. The van der Waals surface area contributed by atoms with Crippen molar-refractivity contribution in [2.45, 2.75) is 26.3 Å². The lowest BCUT2D eigenvalue weighted by Crippen LogP contribution is -2.09. The molecule has 0 aliphatic heterocycles. The van der Waals surface area contributed by atoms with E-state index in [-0.39, 0.29) is 17.9 Å². The number of hydrogen-bond donors (Lipinski definition) is 0. The number of esters is 1. The topological polar surface area (TPSA) is 74.1 Å². The molecule has 6 nitrogen and oxygen atoms in total. The zero-order valence-electron chi connectivity index (χ0n) is 8.77. The van der Waals surface area contributed by atoms with Gasteiger partial charge in [-0.15, -0.1) is 5.10 Å². The summed E-state index contributed by atoms with van der Waals surface area (Å²) >= 11 is 0. The number of aromatic nitrogens is 3. The van der Waals surface area contributed by atoms with E-state index in [1.54, 1.807) is 4.68 Å². The molecular weight excluding hydrogens is 198 g/mol. The Kier molecular flexibility index (Phi) is 3.96. The second-order valence-electron chi connectivity index (χ2n) is 3.04. The summed E-state index contributed by atoms with van der Waals surface area (Å²) in [5.41, 5.74) is 0.203. The van der Waals surface area contributed by atoms with Crippen molar-refractivity contribution in [3.05, 3.63) is 11.9 Å². The number of ether oxygens (including phenoxy) is 1.